The van der Waals surface area contributed by atoms with E-state index in [0.717, 1.165) is 23.6 Å². The van der Waals surface area contributed by atoms with E-state index < -0.39 is 0 Å². The fourth-order valence-electron chi connectivity index (χ4n) is 3.28. The molecule has 1 amide bonds. The third-order valence-corrected chi connectivity index (χ3v) is 4.64. The SMILES string of the molecule is Cc1cccc(-n2cc(C(=O)N3CCNCC3c3nccn3C)nn2)c1.Cl. The van der Waals surface area contributed by atoms with Crippen molar-refractivity contribution in [3.8, 4) is 5.69 Å². The lowest BCUT2D eigenvalue weighted by molar-refractivity contribution is 0.0614. The number of hydrogen-bond acceptors (Lipinski definition) is 5. The van der Waals surface area contributed by atoms with Crippen LogP contribution < -0.4 is 5.32 Å². The molecule has 0 radical (unpaired) electrons. The Morgan fingerprint density at radius 3 is 2.93 bits per heavy atom. The molecule has 1 aromatic carbocycles. The van der Waals surface area contributed by atoms with Crippen molar-refractivity contribution < 1.29 is 4.79 Å². The molecule has 0 saturated carbocycles. The van der Waals surface area contributed by atoms with Crippen LogP contribution in [-0.4, -0.2) is 55.0 Å². The van der Waals surface area contributed by atoms with E-state index in [9.17, 15) is 4.79 Å². The third-order valence-electron chi connectivity index (χ3n) is 4.64. The molecule has 0 aliphatic carbocycles. The molecule has 3 aromatic rings. The second-order valence-corrected chi connectivity index (χ2v) is 6.50. The molecule has 1 aliphatic heterocycles. The summed E-state index contributed by atoms with van der Waals surface area (Å²) < 4.78 is 3.58. The van der Waals surface area contributed by atoms with Gasteiger partial charge in [0.25, 0.3) is 5.91 Å². The quantitative estimate of drug-likeness (QED) is 0.737. The topological polar surface area (TPSA) is 80.9 Å². The summed E-state index contributed by atoms with van der Waals surface area (Å²) in [7, 11) is 1.94. The van der Waals surface area contributed by atoms with Crippen molar-refractivity contribution in [3.63, 3.8) is 0 Å². The van der Waals surface area contributed by atoms with Crippen LogP contribution in [0.5, 0.6) is 0 Å². The predicted molar refractivity (Wildman–Crippen MR) is 103 cm³/mol. The van der Waals surface area contributed by atoms with Crippen molar-refractivity contribution in [2.45, 2.75) is 13.0 Å². The molecule has 1 saturated heterocycles. The highest BCUT2D eigenvalue weighted by Gasteiger charge is 2.32. The molecule has 1 unspecified atom stereocenters. The minimum atomic E-state index is -0.126. The van der Waals surface area contributed by atoms with E-state index in [1.54, 1.807) is 17.1 Å². The maximum Gasteiger partial charge on any atom is 0.276 e. The second-order valence-electron chi connectivity index (χ2n) is 6.50. The Kier molecular flexibility index (Phi) is 5.57. The first-order chi connectivity index (χ1) is 12.6. The number of piperazine rings is 1. The largest absolute Gasteiger partial charge is 0.336 e. The van der Waals surface area contributed by atoms with Gasteiger partial charge in [-0.2, -0.15) is 0 Å². The zero-order valence-corrected chi connectivity index (χ0v) is 16.1. The number of nitrogens with zero attached hydrogens (tertiary/aromatic N) is 6. The number of amides is 1. The molecule has 8 nitrogen and oxygen atoms in total. The number of carbonyl (C=O) groups excluding carboxylic acids is 1. The Balaban J connectivity index is 0.00000210. The van der Waals surface area contributed by atoms with Crippen molar-refractivity contribution in [1.29, 1.82) is 0 Å². The number of benzene rings is 1. The van der Waals surface area contributed by atoms with Gasteiger partial charge >= 0.3 is 0 Å². The maximum absolute atomic E-state index is 13.1. The lowest BCUT2D eigenvalue weighted by Gasteiger charge is -2.35. The first-order valence-corrected chi connectivity index (χ1v) is 8.62. The summed E-state index contributed by atoms with van der Waals surface area (Å²) >= 11 is 0. The first kappa shape index (κ1) is 19.1. The standard InChI is InChI=1S/C18H21N7O.ClH/c1-13-4-3-5-14(10-13)25-12-15(21-22-25)18(26)24-9-6-19-11-16(24)17-20-7-8-23(17)2;/h3-5,7-8,10,12,16,19H,6,9,11H2,1-2H3;1H. The average molecular weight is 388 g/mol. The van der Waals surface area contributed by atoms with Crippen LogP contribution in [-0.2, 0) is 7.05 Å². The van der Waals surface area contributed by atoms with Crippen LogP contribution in [0.3, 0.4) is 0 Å². The molecule has 4 rings (SSSR count). The van der Waals surface area contributed by atoms with Crippen molar-refractivity contribution in [2.75, 3.05) is 19.6 Å². The van der Waals surface area contributed by atoms with E-state index in [1.165, 1.54) is 0 Å². The highest BCUT2D eigenvalue weighted by atomic mass is 35.5. The van der Waals surface area contributed by atoms with Gasteiger partial charge in [-0.05, 0) is 24.6 Å². The van der Waals surface area contributed by atoms with Gasteiger partial charge < -0.3 is 14.8 Å². The molecule has 142 valence electrons. The predicted octanol–water partition coefficient (Wildman–Crippen LogP) is 1.52. The van der Waals surface area contributed by atoms with Crippen LogP contribution in [0.1, 0.15) is 27.9 Å². The molecule has 3 heterocycles. The molecule has 1 atom stereocenters. The van der Waals surface area contributed by atoms with Gasteiger partial charge in [0.05, 0.1) is 11.9 Å². The summed E-state index contributed by atoms with van der Waals surface area (Å²) in [5.74, 6) is 0.732. The zero-order chi connectivity index (χ0) is 18.1. The highest BCUT2D eigenvalue weighted by Crippen LogP contribution is 2.22. The fourth-order valence-corrected chi connectivity index (χ4v) is 3.28. The highest BCUT2D eigenvalue weighted by molar-refractivity contribution is 5.92. The van der Waals surface area contributed by atoms with Gasteiger partial charge in [0.2, 0.25) is 0 Å². The smallest absolute Gasteiger partial charge is 0.276 e. The number of imidazole rings is 1. The molecule has 0 bridgehead atoms. The summed E-state index contributed by atoms with van der Waals surface area (Å²) in [5.41, 5.74) is 2.35. The number of halogens is 1. The van der Waals surface area contributed by atoms with Crippen molar-refractivity contribution in [2.24, 2.45) is 7.05 Å². The molecule has 1 fully saturated rings. The van der Waals surface area contributed by atoms with Gasteiger partial charge in [0.1, 0.15) is 11.9 Å². The minimum absolute atomic E-state index is 0. The maximum atomic E-state index is 13.1. The van der Waals surface area contributed by atoms with E-state index in [1.807, 2.05) is 53.9 Å². The van der Waals surface area contributed by atoms with Gasteiger partial charge in [-0.3, -0.25) is 4.79 Å². The number of hydrogen-bond donors (Lipinski definition) is 1. The number of nitrogens with one attached hydrogen (secondary N) is 1. The Hall–Kier alpha value is -2.71. The van der Waals surface area contributed by atoms with Crippen LogP contribution in [0.4, 0.5) is 0 Å². The van der Waals surface area contributed by atoms with E-state index in [2.05, 4.69) is 20.6 Å². The number of rotatable bonds is 3. The Morgan fingerprint density at radius 2 is 2.19 bits per heavy atom. The van der Waals surface area contributed by atoms with Crippen LogP contribution in [0, 0.1) is 6.92 Å². The molecular formula is C18H22ClN7O. The van der Waals surface area contributed by atoms with Crippen molar-refractivity contribution >= 4 is 18.3 Å². The van der Waals surface area contributed by atoms with Crippen LogP contribution >= 0.6 is 12.4 Å². The molecule has 0 spiro atoms. The Bertz CT molecular complexity index is 935. The van der Waals surface area contributed by atoms with Crippen molar-refractivity contribution in [1.82, 2.24) is 34.8 Å². The van der Waals surface area contributed by atoms with Crippen LogP contribution in [0.25, 0.3) is 5.69 Å². The van der Waals surface area contributed by atoms with E-state index >= 15 is 0 Å². The number of aromatic nitrogens is 5. The van der Waals surface area contributed by atoms with Gasteiger partial charge in [0, 0.05) is 39.1 Å². The molecule has 1 N–H and O–H groups in total. The minimum Gasteiger partial charge on any atom is -0.336 e. The van der Waals surface area contributed by atoms with E-state index in [-0.39, 0.29) is 24.4 Å². The molecule has 1 aliphatic rings. The molecule has 27 heavy (non-hydrogen) atoms. The van der Waals surface area contributed by atoms with Crippen molar-refractivity contribution in [3.05, 3.63) is 59.9 Å². The summed E-state index contributed by atoms with van der Waals surface area (Å²) in [6, 6.07) is 7.80. The summed E-state index contributed by atoms with van der Waals surface area (Å²) in [5, 5.41) is 11.6. The molecular weight excluding hydrogens is 366 g/mol. The monoisotopic (exact) mass is 387 g/mol. The summed E-state index contributed by atoms with van der Waals surface area (Å²) in [6.07, 6.45) is 5.33. The lowest BCUT2D eigenvalue weighted by Crippen LogP contribution is -2.49. The average Bonchev–Trinajstić information content (AvgIpc) is 3.30. The Morgan fingerprint density at radius 1 is 1.33 bits per heavy atom. The Labute approximate surface area is 163 Å². The van der Waals surface area contributed by atoms with Gasteiger partial charge in [-0.15, -0.1) is 17.5 Å². The first-order valence-electron chi connectivity index (χ1n) is 8.62. The van der Waals surface area contributed by atoms with Crippen LogP contribution in [0.15, 0.2) is 42.9 Å². The summed E-state index contributed by atoms with van der Waals surface area (Å²) in [6.45, 7) is 4.04. The molecule has 9 heteroatoms. The second kappa shape index (κ2) is 7.89. The van der Waals surface area contributed by atoms with E-state index in [0.29, 0.717) is 18.8 Å². The van der Waals surface area contributed by atoms with Gasteiger partial charge in [0.15, 0.2) is 5.69 Å². The lowest BCUT2D eigenvalue weighted by atomic mass is 10.1. The number of carbonyl (C=O) groups is 1. The van der Waals surface area contributed by atoms with E-state index in [4.69, 9.17) is 0 Å². The fraction of sp³-hybridized carbons (Fsp3) is 0.333. The third kappa shape index (κ3) is 3.72. The van der Waals surface area contributed by atoms with Crippen LogP contribution in [0.2, 0.25) is 0 Å². The van der Waals surface area contributed by atoms with Gasteiger partial charge in [-0.1, -0.05) is 17.3 Å². The summed E-state index contributed by atoms with van der Waals surface area (Å²) in [4.78, 5) is 19.3. The van der Waals surface area contributed by atoms with Gasteiger partial charge in [-0.25, -0.2) is 9.67 Å². The normalized spacial score (nSPS) is 16.8. The number of aryl methyl sites for hydroxylation is 2. The molecule has 2 aromatic heterocycles. The zero-order valence-electron chi connectivity index (χ0n) is 15.2.